The van der Waals surface area contributed by atoms with Crippen molar-refractivity contribution in [2.75, 3.05) is 18.2 Å². The number of benzene rings is 1. The Bertz CT molecular complexity index is 577. The molecule has 0 saturated carbocycles. The molecule has 0 bridgehead atoms. The van der Waals surface area contributed by atoms with Crippen molar-refractivity contribution in [2.45, 2.75) is 0 Å². The standard InChI is InChI=1S/C12H14N4O2/c1-16-7-9(6-14-16)8-3-10(13)5-11(4-8)15-12(17)18-2/h3-7H,13H2,1-2H3,(H,15,17). The van der Waals surface area contributed by atoms with Crippen LogP contribution in [0.3, 0.4) is 0 Å². The minimum absolute atomic E-state index is 0.530. The zero-order chi connectivity index (χ0) is 13.1. The maximum atomic E-state index is 11.2. The number of nitrogens with one attached hydrogen (secondary N) is 1. The highest BCUT2D eigenvalue weighted by molar-refractivity contribution is 5.87. The number of anilines is 2. The number of aryl methyl sites for hydroxylation is 1. The molecule has 0 aliphatic heterocycles. The molecule has 0 spiro atoms. The lowest BCUT2D eigenvalue weighted by molar-refractivity contribution is 0.187. The van der Waals surface area contributed by atoms with Crippen molar-refractivity contribution in [3.8, 4) is 11.1 Å². The molecule has 0 atom stereocenters. The third kappa shape index (κ3) is 2.60. The van der Waals surface area contributed by atoms with E-state index in [1.165, 1.54) is 7.11 Å². The fourth-order valence-electron chi connectivity index (χ4n) is 1.63. The number of carbonyl (C=O) groups excluding carboxylic acids is 1. The summed E-state index contributed by atoms with van der Waals surface area (Å²) in [4.78, 5) is 11.2. The van der Waals surface area contributed by atoms with Gasteiger partial charge in [0.05, 0.1) is 13.3 Å². The van der Waals surface area contributed by atoms with E-state index in [9.17, 15) is 4.79 Å². The van der Waals surface area contributed by atoms with E-state index >= 15 is 0 Å². The van der Waals surface area contributed by atoms with E-state index in [2.05, 4.69) is 15.2 Å². The smallest absolute Gasteiger partial charge is 0.411 e. The van der Waals surface area contributed by atoms with Gasteiger partial charge in [0.2, 0.25) is 0 Å². The molecule has 0 unspecified atom stereocenters. The van der Waals surface area contributed by atoms with E-state index < -0.39 is 6.09 Å². The molecule has 0 aliphatic carbocycles. The zero-order valence-electron chi connectivity index (χ0n) is 10.2. The molecule has 0 aliphatic rings. The first kappa shape index (κ1) is 12.0. The molecule has 94 valence electrons. The van der Waals surface area contributed by atoms with E-state index in [4.69, 9.17) is 5.73 Å². The second-order valence-corrected chi connectivity index (χ2v) is 3.86. The largest absolute Gasteiger partial charge is 0.453 e. The Morgan fingerprint density at radius 2 is 2.17 bits per heavy atom. The number of carbonyl (C=O) groups is 1. The molecule has 6 nitrogen and oxygen atoms in total. The van der Waals surface area contributed by atoms with Crippen LogP contribution in [0.2, 0.25) is 0 Å². The molecule has 1 aromatic heterocycles. The molecule has 0 saturated heterocycles. The van der Waals surface area contributed by atoms with E-state index in [1.54, 1.807) is 16.9 Å². The fraction of sp³-hybridized carbons (Fsp3) is 0.167. The average Bonchev–Trinajstić information content (AvgIpc) is 2.75. The summed E-state index contributed by atoms with van der Waals surface area (Å²) in [5, 5.41) is 6.67. The van der Waals surface area contributed by atoms with Crippen molar-refractivity contribution in [3.05, 3.63) is 30.6 Å². The number of nitrogens with zero attached hydrogens (tertiary/aromatic N) is 2. The Hall–Kier alpha value is -2.50. The molecule has 6 heteroatoms. The topological polar surface area (TPSA) is 82.2 Å². The van der Waals surface area contributed by atoms with Crippen LogP contribution in [-0.4, -0.2) is 23.0 Å². The summed E-state index contributed by atoms with van der Waals surface area (Å²) < 4.78 is 6.24. The normalized spacial score (nSPS) is 10.1. The van der Waals surface area contributed by atoms with Gasteiger partial charge in [-0.05, 0) is 23.8 Å². The summed E-state index contributed by atoms with van der Waals surface area (Å²) in [5.74, 6) is 0. The lowest BCUT2D eigenvalue weighted by atomic mass is 10.1. The third-order valence-electron chi connectivity index (χ3n) is 2.43. The molecule has 2 rings (SSSR count). The molecule has 1 heterocycles. The van der Waals surface area contributed by atoms with Gasteiger partial charge < -0.3 is 10.5 Å². The fourth-order valence-corrected chi connectivity index (χ4v) is 1.63. The average molecular weight is 246 g/mol. The minimum atomic E-state index is -0.530. The predicted octanol–water partition coefficient (Wildman–Crippen LogP) is 1.85. The lowest BCUT2D eigenvalue weighted by Crippen LogP contribution is -2.11. The first-order valence-corrected chi connectivity index (χ1v) is 5.33. The van der Waals surface area contributed by atoms with Crippen molar-refractivity contribution in [1.82, 2.24) is 9.78 Å². The van der Waals surface area contributed by atoms with E-state index in [1.807, 2.05) is 25.4 Å². The molecule has 18 heavy (non-hydrogen) atoms. The Morgan fingerprint density at radius 1 is 1.39 bits per heavy atom. The molecule has 1 aromatic carbocycles. The van der Waals surface area contributed by atoms with Crippen LogP contribution in [0.15, 0.2) is 30.6 Å². The zero-order valence-corrected chi connectivity index (χ0v) is 10.2. The molecular formula is C12H14N4O2. The lowest BCUT2D eigenvalue weighted by Gasteiger charge is -2.07. The number of amides is 1. The maximum Gasteiger partial charge on any atom is 0.411 e. The van der Waals surface area contributed by atoms with Crippen LogP contribution in [0.1, 0.15) is 0 Å². The minimum Gasteiger partial charge on any atom is -0.453 e. The predicted molar refractivity (Wildman–Crippen MR) is 69.1 cm³/mol. The van der Waals surface area contributed by atoms with Crippen molar-refractivity contribution in [1.29, 1.82) is 0 Å². The quantitative estimate of drug-likeness (QED) is 0.792. The highest BCUT2D eigenvalue weighted by atomic mass is 16.5. The number of nitrogen functional groups attached to an aromatic ring is 1. The summed E-state index contributed by atoms with van der Waals surface area (Å²) in [5.41, 5.74) is 8.76. The summed E-state index contributed by atoms with van der Waals surface area (Å²) in [7, 11) is 3.15. The SMILES string of the molecule is COC(=O)Nc1cc(N)cc(-c2cnn(C)c2)c1. The van der Waals surface area contributed by atoms with Crippen molar-refractivity contribution >= 4 is 17.5 Å². The van der Waals surface area contributed by atoms with Crippen LogP contribution in [0, 0.1) is 0 Å². The van der Waals surface area contributed by atoms with Crippen LogP contribution >= 0.6 is 0 Å². The second kappa shape index (κ2) is 4.79. The molecule has 0 fully saturated rings. The number of hydrogen-bond acceptors (Lipinski definition) is 4. The third-order valence-corrected chi connectivity index (χ3v) is 2.43. The van der Waals surface area contributed by atoms with Gasteiger partial charge in [0, 0.05) is 30.2 Å². The Labute approximate surface area is 104 Å². The van der Waals surface area contributed by atoms with Gasteiger partial charge in [-0.25, -0.2) is 4.79 Å². The number of methoxy groups -OCH3 is 1. The highest BCUT2D eigenvalue weighted by Gasteiger charge is 2.06. The van der Waals surface area contributed by atoms with Crippen molar-refractivity contribution in [2.24, 2.45) is 7.05 Å². The van der Waals surface area contributed by atoms with Crippen molar-refractivity contribution < 1.29 is 9.53 Å². The Balaban J connectivity index is 2.34. The van der Waals surface area contributed by atoms with Crippen molar-refractivity contribution in [3.63, 3.8) is 0 Å². The van der Waals surface area contributed by atoms with Crippen LogP contribution in [0.25, 0.3) is 11.1 Å². The van der Waals surface area contributed by atoms with Gasteiger partial charge in [-0.2, -0.15) is 5.10 Å². The van der Waals surface area contributed by atoms with E-state index in [0.717, 1.165) is 11.1 Å². The monoisotopic (exact) mass is 246 g/mol. The van der Waals surface area contributed by atoms with Gasteiger partial charge >= 0.3 is 6.09 Å². The van der Waals surface area contributed by atoms with Gasteiger partial charge in [0.1, 0.15) is 0 Å². The maximum absolute atomic E-state index is 11.2. The number of hydrogen-bond donors (Lipinski definition) is 2. The molecule has 2 aromatic rings. The van der Waals surface area contributed by atoms with Crippen LogP contribution in [0.4, 0.5) is 16.2 Å². The Kier molecular flexibility index (Phi) is 3.18. The summed E-state index contributed by atoms with van der Waals surface area (Å²) >= 11 is 0. The van der Waals surface area contributed by atoms with E-state index in [0.29, 0.717) is 11.4 Å². The van der Waals surface area contributed by atoms with Gasteiger partial charge in [-0.3, -0.25) is 10.00 Å². The first-order chi connectivity index (χ1) is 8.58. The van der Waals surface area contributed by atoms with Crippen LogP contribution in [-0.2, 0) is 11.8 Å². The van der Waals surface area contributed by atoms with Gasteiger partial charge in [0.15, 0.2) is 0 Å². The van der Waals surface area contributed by atoms with Gasteiger partial charge in [0.25, 0.3) is 0 Å². The Morgan fingerprint density at radius 3 is 2.78 bits per heavy atom. The molecule has 1 amide bonds. The highest BCUT2D eigenvalue weighted by Crippen LogP contribution is 2.25. The number of aromatic nitrogens is 2. The molecular weight excluding hydrogens is 232 g/mol. The van der Waals surface area contributed by atoms with E-state index in [-0.39, 0.29) is 0 Å². The summed E-state index contributed by atoms with van der Waals surface area (Å²) in [6, 6.07) is 5.29. The second-order valence-electron chi connectivity index (χ2n) is 3.86. The van der Waals surface area contributed by atoms with Crippen LogP contribution in [0.5, 0.6) is 0 Å². The van der Waals surface area contributed by atoms with Gasteiger partial charge in [-0.15, -0.1) is 0 Å². The first-order valence-electron chi connectivity index (χ1n) is 5.33. The summed E-state index contributed by atoms with van der Waals surface area (Å²) in [6.45, 7) is 0. The van der Waals surface area contributed by atoms with Gasteiger partial charge in [-0.1, -0.05) is 0 Å². The number of ether oxygens (including phenoxy) is 1. The van der Waals surface area contributed by atoms with Crippen LogP contribution < -0.4 is 11.1 Å². The molecule has 3 N–H and O–H groups in total. The molecule has 0 radical (unpaired) electrons. The number of rotatable bonds is 2. The number of nitrogens with two attached hydrogens (primary N) is 1. The summed E-state index contributed by atoms with van der Waals surface area (Å²) in [6.07, 6.45) is 3.07.